The number of nitrogens with zero attached hydrogens (tertiary/aromatic N) is 1. The van der Waals surface area contributed by atoms with Crippen LogP contribution in [0, 0.1) is 18.3 Å². The molecule has 0 aromatic carbocycles. The van der Waals surface area contributed by atoms with Gasteiger partial charge in [0.25, 0.3) is 0 Å². The fraction of sp³-hybridized carbons (Fsp3) is 0.722. The van der Waals surface area contributed by atoms with E-state index in [0.717, 1.165) is 30.5 Å². The van der Waals surface area contributed by atoms with Gasteiger partial charge in [0.05, 0.1) is 12.1 Å². The molecule has 2 fully saturated rings. The molecule has 1 aliphatic heterocycles. The van der Waals surface area contributed by atoms with Crippen molar-refractivity contribution in [3.05, 3.63) is 23.7 Å². The number of nitrogens with one attached hydrogen (secondary N) is 2. The Balaban J connectivity index is 1.63. The van der Waals surface area contributed by atoms with Crippen molar-refractivity contribution in [2.75, 3.05) is 13.7 Å². The third-order valence-electron chi connectivity index (χ3n) is 5.39. The van der Waals surface area contributed by atoms with Gasteiger partial charge < -0.3 is 19.8 Å². The summed E-state index contributed by atoms with van der Waals surface area (Å²) in [5, 5.41) is 7.05. The zero-order valence-corrected chi connectivity index (χ0v) is 14.8. The lowest BCUT2D eigenvalue weighted by atomic mass is 9.55. The van der Waals surface area contributed by atoms with E-state index in [1.807, 2.05) is 26.1 Å². The SMILES string of the molecule is CN=C(NC(C)c1ccc(C)o1)NC1C2CCCOC2C1(C)C. The Kier molecular flexibility index (Phi) is 4.41. The number of hydrogen-bond donors (Lipinski definition) is 2. The van der Waals surface area contributed by atoms with Crippen LogP contribution in [0.2, 0.25) is 0 Å². The summed E-state index contributed by atoms with van der Waals surface area (Å²) in [6.07, 6.45) is 2.76. The molecule has 5 heteroatoms. The maximum atomic E-state index is 5.98. The van der Waals surface area contributed by atoms with E-state index in [4.69, 9.17) is 9.15 Å². The monoisotopic (exact) mass is 319 g/mol. The van der Waals surface area contributed by atoms with E-state index in [9.17, 15) is 0 Å². The smallest absolute Gasteiger partial charge is 0.191 e. The van der Waals surface area contributed by atoms with Crippen LogP contribution >= 0.6 is 0 Å². The minimum Gasteiger partial charge on any atom is -0.464 e. The van der Waals surface area contributed by atoms with Crippen LogP contribution in [-0.2, 0) is 4.74 Å². The summed E-state index contributed by atoms with van der Waals surface area (Å²) in [7, 11) is 1.82. The number of guanidine groups is 1. The molecule has 2 aliphatic rings. The molecule has 4 atom stereocenters. The number of furan rings is 1. The zero-order valence-electron chi connectivity index (χ0n) is 14.8. The largest absolute Gasteiger partial charge is 0.464 e. The molecule has 23 heavy (non-hydrogen) atoms. The maximum absolute atomic E-state index is 5.98. The molecule has 1 aromatic rings. The first-order valence-corrected chi connectivity index (χ1v) is 8.61. The van der Waals surface area contributed by atoms with Crippen LogP contribution < -0.4 is 10.6 Å². The van der Waals surface area contributed by atoms with Gasteiger partial charge in [0.1, 0.15) is 11.5 Å². The molecule has 128 valence electrons. The van der Waals surface area contributed by atoms with Crippen LogP contribution in [0.15, 0.2) is 21.5 Å². The predicted molar refractivity (Wildman–Crippen MR) is 91.5 cm³/mol. The van der Waals surface area contributed by atoms with Gasteiger partial charge in [-0.15, -0.1) is 0 Å². The fourth-order valence-electron chi connectivity index (χ4n) is 4.10. The zero-order chi connectivity index (χ0) is 16.6. The predicted octanol–water partition coefficient (Wildman–Crippen LogP) is 3.02. The molecule has 4 unspecified atom stereocenters. The summed E-state index contributed by atoms with van der Waals surface area (Å²) >= 11 is 0. The molecule has 1 aromatic heterocycles. The molecule has 1 aliphatic carbocycles. The Morgan fingerprint density at radius 1 is 1.39 bits per heavy atom. The topological polar surface area (TPSA) is 58.8 Å². The number of fused-ring (bicyclic) bond motifs is 1. The molecule has 1 saturated heterocycles. The molecule has 5 nitrogen and oxygen atoms in total. The number of rotatable bonds is 3. The highest BCUT2D eigenvalue weighted by Gasteiger charge is 2.58. The lowest BCUT2D eigenvalue weighted by Crippen LogP contribution is -2.71. The Bertz CT molecular complexity index is 579. The average Bonchev–Trinajstić information content (AvgIpc) is 2.97. The minimum absolute atomic E-state index is 0.0801. The highest BCUT2D eigenvalue weighted by atomic mass is 16.5. The van der Waals surface area contributed by atoms with Crippen molar-refractivity contribution < 1.29 is 9.15 Å². The van der Waals surface area contributed by atoms with Crippen LogP contribution in [0.25, 0.3) is 0 Å². The first-order chi connectivity index (χ1) is 10.9. The normalized spacial score (nSPS) is 31.0. The maximum Gasteiger partial charge on any atom is 0.191 e. The number of aryl methyl sites for hydroxylation is 1. The summed E-state index contributed by atoms with van der Waals surface area (Å²) < 4.78 is 11.7. The van der Waals surface area contributed by atoms with Crippen LogP contribution in [0.1, 0.15) is 51.2 Å². The summed E-state index contributed by atoms with van der Waals surface area (Å²) in [6, 6.07) is 4.47. The molecule has 0 amide bonds. The van der Waals surface area contributed by atoms with Gasteiger partial charge in [-0.2, -0.15) is 0 Å². The van der Waals surface area contributed by atoms with Gasteiger partial charge in [-0.05, 0) is 38.8 Å². The van der Waals surface area contributed by atoms with Gasteiger partial charge in [-0.1, -0.05) is 13.8 Å². The first-order valence-electron chi connectivity index (χ1n) is 8.61. The molecule has 1 saturated carbocycles. The van der Waals surface area contributed by atoms with E-state index >= 15 is 0 Å². The first kappa shape index (κ1) is 16.4. The third kappa shape index (κ3) is 2.99. The van der Waals surface area contributed by atoms with E-state index in [2.05, 4.69) is 36.4 Å². The third-order valence-corrected chi connectivity index (χ3v) is 5.39. The van der Waals surface area contributed by atoms with Gasteiger partial charge in [0.2, 0.25) is 0 Å². The standard InChI is InChI=1S/C18H29N3O2/c1-11-8-9-14(23-11)12(2)20-17(19-5)21-15-13-7-6-10-22-16(13)18(15,3)4/h8-9,12-13,15-16H,6-7,10H2,1-5H3,(H2,19,20,21). The summed E-state index contributed by atoms with van der Waals surface area (Å²) in [5.41, 5.74) is 0.132. The van der Waals surface area contributed by atoms with E-state index < -0.39 is 0 Å². The van der Waals surface area contributed by atoms with Gasteiger partial charge in [0.15, 0.2) is 5.96 Å². The van der Waals surface area contributed by atoms with Crippen molar-refractivity contribution in [3.63, 3.8) is 0 Å². The van der Waals surface area contributed by atoms with Crippen molar-refractivity contribution in [3.8, 4) is 0 Å². The van der Waals surface area contributed by atoms with Crippen LogP contribution in [-0.4, -0.2) is 31.8 Å². The molecular weight excluding hydrogens is 290 g/mol. The summed E-state index contributed by atoms with van der Waals surface area (Å²) in [5.74, 6) is 3.27. The highest BCUT2D eigenvalue weighted by molar-refractivity contribution is 5.80. The second-order valence-electron chi connectivity index (χ2n) is 7.43. The van der Waals surface area contributed by atoms with Gasteiger partial charge >= 0.3 is 0 Å². The number of aliphatic imine (C=N–C) groups is 1. The Morgan fingerprint density at radius 2 is 2.17 bits per heavy atom. The van der Waals surface area contributed by atoms with Crippen molar-refractivity contribution in [2.24, 2.45) is 16.3 Å². The van der Waals surface area contributed by atoms with Crippen LogP contribution in [0.4, 0.5) is 0 Å². The minimum atomic E-state index is 0.0801. The van der Waals surface area contributed by atoms with E-state index in [0.29, 0.717) is 18.1 Å². The molecular formula is C18H29N3O2. The summed E-state index contributed by atoms with van der Waals surface area (Å²) in [6.45, 7) is 9.51. The van der Waals surface area contributed by atoms with E-state index in [1.54, 1.807) is 0 Å². The molecule has 0 bridgehead atoms. The van der Waals surface area contributed by atoms with Crippen molar-refractivity contribution in [2.45, 2.75) is 58.7 Å². The average molecular weight is 319 g/mol. The number of ether oxygens (including phenoxy) is 1. The van der Waals surface area contributed by atoms with Gasteiger partial charge in [-0.25, -0.2) is 0 Å². The van der Waals surface area contributed by atoms with Gasteiger partial charge in [-0.3, -0.25) is 4.99 Å². The Morgan fingerprint density at radius 3 is 2.83 bits per heavy atom. The van der Waals surface area contributed by atoms with Crippen molar-refractivity contribution >= 4 is 5.96 Å². The second kappa shape index (κ2) is 6.19. The van der Waals surface area contributed by atoms with Crippen molar-refractivity contribution in [1.29, 1.82) is 0 Å². The van der Waals surface area contributed by atoms with E-state index in [1.165, 1.54) is 6.42 Å². The second-order valence-corrected chi connectivity index (χ2v) is 7.43. The number of hydrogen-bond acceptors (Lipinski definition) is 3. The molecule has 3 rings (SSSR count). The molecule has 0 spiro atoms. The van der Waals surface area contributed by atoms with Crippen LogP contribution in [0.3, 0.4) is 0 Å². The lowest BCUT2D eigenvalue weighted by molar-refractivity contribution is -0.188. The highest BCUT2D eigenvalue weighted by Crippen LogP contribution is 2.51. The Hall–Kier alpha value is -1.49. The molecule has 0 radical (unpaired) electrons. The van der Waals surface area contributed by atoms with Crippen molar-refractivity contribution in [1.82, 2.24) is 10.6 Å². The van der Waals surface area contributed by atoms with Crippen LogP contribution in [0.5, 0.6) is 0 Å². The lowest BCUT2D eigenvalue weighted by Gasteiger charge is -2.60. The quantitative estimate of drug-likeness (QED) is 0.664. The fourth-order valence-corrected chi connectivity index (χ4v) is 4.10. The van der Waals surface area contributed by atoms with E-state index in [-0.39, 0.29) is 11.5 Å². The Labute approximate surface area is 138 Å². The molecule has 2 heterocycles. The molecule has 2 N–H and O–H groups in total. The van der Waals surface area contributed by atoms with Gasteiger partial charge in [0, 0.05) is 31.0 Å². The summed E-state index contributed by atoms with van der Waals surface area (Å²) in [4.78, 5) is 4.40.